The summed E-state index contributed by atoms with van der Waals surface area (Å²) in [7, 11) is -1.11. The zero-order chi connectivity index (χ0) is 19.4. The molecule has 2 aromatic rings. The molecule has 2 atom stereocenters. The van der Waals surface area contributed by atoms with Crippen LogP contribution in [0.3, 0.4) is 0 Å². The summed E-state index contributed by atoms with van der Waals surface area (Å²) in [5.74, 6) is -0.421. The quantitative estimate of drug-likeness (QED) is 0.681. The van der Waals surface area contributed by atoms with E-state index >= 15 is 0 Å². The van der Waals surface area contributed by atoms with E-state index in [2.05, 4.69) is 4.90 Å². The van der Waals surface area contributed by atoms with E-state index in [0.717, 1.165) is 36.3 Å². The molecular formula is C22H24ClNO3S. The van der Waals surface area contributed by atoms with Gasteiger partial charge in [0, 0.05) is 28.4 Å². The van der Waals surface area contributed by atoms with Crippen molar-refractivity contribution in [1.82, 2.24) is 0 Å². The van der Waals surface area contributed by atoms with Gasteiger partial charge in [0.15, 0.2) is 5.79 Å². The van der Waals surface area contributed by atoms with Crippen molar-refractivity contribution in [3.8, 4) is 0 Å². The van der Waals surface area contributed by atoms with Gasteiger partial charge in [0.05, 0.1) is 29.6 Å². The Hall–Kier alpha value is -1.40. The molecule has 2 spiro atoms. The molecule has 0 aromatic heterocycles. The monoisotopic (exact) mass is 417 g/mol. The summed E-state index contributed by atoms with van der Waals surface area (Å²) in [6.07, 6.45) is 3.52. The van der Waals surface area contributed by atoms with E-state index < -0.39 is 16.6 Å². The number of ether oxygens (including phenoxy) is 2. The number of hydrogen-bond acceptors (Lipinski definition) is 4. The van der Waals surface area contributed by atoms with Crippen molar-refractivity contribution in [3.05, 3.63) is 59.1 Å². The van der Waals surface area contributed by atoms with Crippen molar-refractivity contribution < 1.29 is 13.7 Å². The van der Waals surface area contributed by atoms with E-state index in [4.69, 9.17) is 21.1 Å². The van der Waals surface area contributed by atoms with Crippen molar-refractivity contribution in [1.29, 1.82) is 0 Å². The Morgan fingerprint density at radius 2 is 1.57 bits per heavy atom. The van der Waals surface area contributed by atoms with Gasteiger partial charge in [-0.2, -0.15) is 0 Å². The van der Waals surface area contributed by atoms with Crippen LogP contribution in [0.1, 0.15) is 31.2 Å². The van der Waals surface area contributed by atoms with Crippen LogP contribution in [0.5, 0.6) is 0 Å². The lowest BCUT2D eigenvalue weighted by Crippen LogP contribution is -2.40. The van der Waals surface area contributed by atoms with Crippen LogP contribution < -0.4 is 4.90 Å². The number of aryl methyl sites for hydroxylation is 1. The van der Waals surface area contributed by atoms with Crippen molar-refractivity contribution in [3.63, 3.8) is 0 Å². The highest BCUT2D eigenvalue weighted by Crippen LogP contribution is 2.58. The summed E-state index contributed by atoms with van der Waals surface area (Å²) in [5, 5.41) is 0.682. The van der Waals surface area contributed by atoms with Gasteiger partial charge >= 0.3 is 0 Å². The molecule has 148 valence electrons. The first-order valence-electron chi connectivity index (χ1n) is 9.83. The molecule has 0 radical (unpaired) electrons. The largest absolute Gasteiger partial charge is 0.348 e. The molecular weight excluding hydrogens is 394 g/mol. The van der Waals surface area contributed by atoms with E-state index in [1.165, 1.54) is 5.56 Å². The summed E-state index contributed by atoms with van der Waals surface area (Å²) in [6.45, 7) is 3.40. The number of benzene rings is 2. The Labute approximate surface area is 173 Å². The Morgan fingerprint density at radius 1 is 0.964 bits per heavy atom. The van der Waals surface area contributed by atoms with Gasteiger partial charge in [-0.1, -0.05) is 29.3 Å². The standard InChI is InChI=1S/C22H24ClNO3S/c1-16-2-8-19(9-3-16)28(25)20-21(24(20)18-6-4-17(23)5-7-18)10-12-22(13-11-21)26-14-15-27-22/h2-9,20H,10-15H2,1H3. The van der Waals surface area contributed by atoms with Gasteiger partial charge in [-0.15, -0.1) is 0 Å². The van der Waals surface area contributed by atoms with E-state index in [0.29, 0.717) is 18.2 Å². The third-order valence-corrected chi connectivity index (χ3v) is 8.40. The van der Waals surface area contributed by atoms with Crippen LogP contribution in [0, 0.1) is 6.92 Å². The molecule has 2 heterocycles. The molecule has 0 N–H and O–H groups in total. The number of anilines is 1. The highest BCUT2D eigenvalue weighted by atomic mass is 35.5. The molecule has 3 fully saturated rings. The highest BCUT2D eigenvalue weighted by molar-refractivity contribution is 7.86. The highest BCUT2D eigenvalue weighted by Gasteiger charge is 2.68. The fourth-order valence-corrected chi connectivity index (χ4v) is 6.77. The van der Waals surface area contributed by atoms with Crippen molar-refractivity contribution in [2.75, 3.05) is 18.1 Å². The van der Waals surface area contributed by atoms with Gasteiger partial charge in [-0.3, -0.25) is 4.21 Å². The first kappa shape index (κ1) is 18.6. The molecule has 3 aliphatic rings. The molecule has 2 saturated heterocycles. The van der Waals surface area contributed by atoms with Gasteiger partial charge in [-0.05, 0) is 56.2 Å². The Morgan fingerprint density at radius 3 is 2.18 bits per heavy atom. The molecule has 6 heteroatoms. The van der Waals surface area contributed by atoms with Crippen molar-refractivity contribution in [2.45, 2.75) is 54.2 Å². The van der Waals surface area contributed by atoms with Gasteiger partial charge in [-0.25, -0.2) is 0 Å². The van der Waals surface area contributed by atoms with Crippen molar-refractivity contribution >= 4 is 28.1 Å². The Balaban J connectivity index is 1.45. The Bertz CT molecular complexity index is 883. The molecule has 5 rings (SSSR count). The topological polar surface area (TPSA) is 38.5 Å². The summed E-state index contributed by atoms with van der Waals surface area (Å²) < 4.78 is 25.4. The summed E-state index contributed by atoms with van der Waals surface area (Å²) >= 11 is 6.09. The Kier molecular flexibility index (Phi) is 4.55. The minimum atomic E-state index is -1.11. The van der Waals surface area contributed by atoms with E-state index in [9.17, 15) is 4.21 Å². The average molecular weight is 418 g/mol. The maximum atomic E-state index is 13.5. The second kappa shape index (κ2) is 6.84. The molecule has 2 unspecified atom stereocenters. The first-order chi connectivity index (χ1) is 13.5. The number of rotatable bonds is 3. The van der Waals surface area contributed by atoms with Crippen LogP contribution in [-0.2, 0) is 20.3 Å². The normalized spacial score (nSPS) is 25.9. The van der Waals surface area contributed by atoms with Gasteiger partial charge in [0.1, 0.15) is 5.37 Å². The number of nitrogens with zero attached hydrogens (tertiary/aromatic N) is 1. The summed E-state index contributed by atoms with van der Waals surface area (Å²) in [4.78, 5) is 3.22. The molecule has 0 amide bonds. The zero-order valence-electron chi connectivity index (χ0n) is 15.9. The third-order valence-electron chi connectivity index (χ3n) is 6.36. The second-order valence-electron chi connectivity index (χ2n) is 8.02. The van der Waals surface area contributed by atoms with Crippen LogP contribution in [0.4, 0.5) is 5.69 Å². The maximum absolute atomic E-state index is 13.5. The zero-order valence-corrected chi connectivity index (χ0v) is 17.5. The fourth-order valence-electron chi connectivity index (χ4n) is 4.77. The minimum Gasteiger partial charge on any atom is -0.348 e. The van der Waals surface area contributed by atoms with Crippen LogP contribution >= 0.6 is 11.6 Å². The molecule has 1 aliphatic carbocycles. The fraction of sp³-hybridized carbons (Fsp3) is 0.455. The van der Waals surface area contributed by atoms with E-state index in [1.807, 2.05) is 55.5 Å². The van der Waals surface area contributed by atoms with Crippen LogP contribution in [0.25, 0.3) is 0 Å². The molecule has 2 aromatic carbocycles. The van der Waals surface area contributed by atoms with E-state index in [1.54, 1.807) is 0 Å². The van der Waals surface area contributed by atoms with Crippen LogP contribution in [-0.4, -0.2) is 34.1 Å². The number of hydrogen-bond donors (Lipinski definition) is 0. The lowest BCUT2D eigenvalue weighted by atomic mass is 9.84. The average Bonchev–Trinajstić information content (AvgIpc) is 3.11. The van der Waals surface area contributed by atoms with Gasteiger partial charge in [0.2, 0.25) is 0 Å². The molecule has 1 saturated carbocycles. The SMILES string of the molecule is Cc1ccc(S(=O)C2N(c3ccc(Cl)cc3)C23CCC2(CC3)OCCO2)cc1. The van der Waals surface area contributed by atoms with Crippen LogP contribution in [0.15, 0.2) is 53.4 Å². The van der Waals surface area contributed by atoms with Gasteiger partial charge in [0.25, 0.3) is 0 Å². The first-order valence-corrected chi connectivity index (χ1v) is 11.4. The maximum Gasteiger partial charge on any atom is 0.168 e. The molecule has 28 heavy (non-hydrogen) atoms. The lowest BCUT2D eigenvalue weighted by Gasteiger charge is -2.36. The number of halogens is 1. The van der Waals surface area contributed by atoms with Crippen molar-refractivity contribution in [2.24, 2.45) is 0 Å². The predicted octanol–water partition coefficient (Wildman–Crippen LogP) is 4.66. The lowest BCUT2D eigenvalue weighted by molar-refractivity contribution is -0.179. The van der Waals surface area contributed by atoms with Gasteiger partial charge < -0.3 is 14.4 Å². The second-order valence-corrected chi connectivity index (χ2v) is 9.97. The third kappa shape index (κ3) is 3.00. The van der Waals surface area contributed by atoms with Crippen LogP contribution in [0.2, 0.25) is 5.02 Å². The summed E-state index contributed by atoms with van der Waals surface area (Å²) in [6, 6.07) is 15.9. The summed E-state index contributed by atoms with van der Waals surface area (Å²) in [5.41, 5.74) is 2.15. The predicted molar refractivity (Wildman–Crippen MR) is 111 cm³/mol. The minimum absolute atomic E-state index is 0.0323. The smallest absolute Gasteiger partial charge is 0.168 e. The molecule has 2 aliphatic heterocycles. The molecule has 4 nitrogen and oxygen atoms in total. The molecule has 0 bridgehead atoms. The van der Waals surface area contributed by atoms with E-state index in [-0.39, 0.29) is 10.9 Å².